The van der Waals surface area contributed by atoms with Gasteiger partial charge in [0.1, 0.15) is 12.4 Å². The summed E-state index contributed by atoms with van der Waals surface area (Å²) in [5.41, 5.74) is 0.735. The van der Waals surface area contributed by atoms with Crippen molar-refractivity contribution >= 4 is 23.4 Å². The summed E-state index contributed by atoms with van der Waals surface area (Å²) < 4.78 is 1.85. The van der Waals surface area contributed by atoms with Crippen LogP contribution in [-0.2, 0) is 11.3 Å². The van der Waals surface area contributed by atoms with Crippen LogP contribution in [0, 0.1) is 11.3 Å². The van der Waals surface area contributed by atoms with Gasteiger partial charge in [0.25, 0.3) is 0 Å². The van der Waals surface area contributed by atoms with E-state index in [-0.39, 0.29) is 18.4 Å². The Balaban J connectivity index is 2.06. The van der Waals surface area contributed by atoms with Crippen LogP contribution in [0.5, 0.6) is 0 Å². The summed E-state index contributed by atoms with van der Waals surface area (Å²) in [4.78, 5) is 17.4. The fourth-order valence-corrected chi connectivity index (χ4v) is 2.77. The van der Waals surface area contributed by atoms with E-state index in [4.69, 9.17) is 5.26 Å². The van der Waals surface area contributed by atoms with Crippen molar-refractivity contribution in [1.29, 1.82) is 5.26 Å². The van der Waals surface area contributed by atoms with Crippen molar-refractivity contribution in [2.75, 3.05) is 11.1 Å². The highest BCUT2D eigenvalue weighted by Gasteiger charge is 2.12. The van der Waals surface area contributed by atoms with Crippen molar-refractivity contribution in [3.8, 4) is 6.07 Å². The van der Waals surface area contributed by atoms with Gasteiger partial charge in [-0.15, -0.1) is 11.8 Å². The molecule has 0 atom stereocenters. The molecule has 2 rings (SSSR count). The third kappa shape index (κ3) is 4.12. The summed E-state index contributed by atoms with van der Waals surface area (Å²) in [6.45, 7) is 4.32. The van der Waals surface area contributed by atoms with Crippen LogP contribution in [-0.4, -0.2) is 21.2 Å². The van der Waals surface area contributed by atoms with Crippen molar-refractivity contribution in [1.82, 2.24) is 9.55 Å². The van der Waals surface area contributed by atoms with Crippen LogP contribution in [0.1, 0.15) is 25.6 Å². The lowest BCUT2D eigenvalue weighted by Crippen LogP contribution is -2.20. The van der Waals surface area contributed by atoms with Gasteiger partial charge >= 0.3 is 0 Å². The fourth-order valence-electron chi connectivity index (χ4n) is 2.11. The Morgan fingerprint density at radius 3 is 2.95 bits per heavy atom. The minimum atomic E-state index is -0.107. The predicted molar refractivity (Wildman–Crippen MR) is 87.7 cm³/mol. The van der Waals surface area contributed by atoms with Crippen LogP contribution in [0.15, 0.2) is 41.6 Å². The first-order valence-electron chi connectivity index (χ1n) is 7.01. The maximum absolute atomic E-state index is 12.2. The number of rotatable bonds is 6. The Morgan fingerprint density at radius 1 is 1.45 bits per heavy atom. The number of hydrogen-bond donors (Lipinski definition) is 1. The quantitative estimate of drug-likeness (QED) is 0.831. The van der Waals surface area contributed by atoms with Gasteiger partial charge < -0.3 is 9.88 Å². The summed E-state index contributed by atoms with van der Waals surface area (Å²) in [6, 6.07) is 9.59. The number of benzene rings is 1. The molecule has 0 saturated heterocycles. The van der Waals surface area contributed by atoms with Crippen molar-refractivity contribution in [3.05, 3.63) is 42.5 Å². The summed E-state index contributed by atoms with van der Waals surface area (Å²) in [5, 5.41) is 11.6. The number of hydrogen-bond acceptors (Lipinski definition) is 4. The van der Waals surface area contributed by atoms with Crippen LogP contribution in [0.2, 0.25) is 0 Å². The zero-order valence-electron chi connectivity index (χ0n) is 12.6. The highest BCUT2D eigenvalue weighted by Crippen LogP contribution is 2.26. The molecule has 1 N–H and O–H groups in total. The summed E-state index contributed by atoms with van der Waals surface area (Å²) in [7, 11) is 0. The molecule has 1 aromatic heterocycles. The molecule has 1 aromatic carbocycles. The standard InChI is InChI=1S/C16H18N4OS/c1-12(2)16-18-8-9-20(16)11-15(21)19-13-5-3-4-6-14(13)22-10-7-17/h3-6,8-9,12H,10-11H2,1-2H3,(H,19,21). The molecular weight excluding hydrogens is 296 g/mol. The molecule has 6 heteroatoms. The number of carbonyl (C=O) groups excluding carboxylic acids is 1. The molecule has 114 valence electrons. The van der Waals surface area contributed by atoms with Gasteiger partial charge in [-0.05, 0) is 12.1 Å². The monoisotopic (exact) mass is 314 g/mol. The van der Waals surface area contributed by atoms with Gasteiger partial charge in [-0.3, -0.25) is 4.79 Å². The molecule has 0 saturated carbocycles. The van der Waals surface area contributed by atoms with E-state index in [0.717, 1.165) is 16.4 Å². The van der Waals surface area contributed by atoms with Gasteiger partial charge in [0, 0.05) is 23.2 Å². The molecular formula is C16H18N4OS. The number of carbonyl (C=O) groups is 1. The largest absolute Gasteiger partial charge is 0.325 e. The Labute approximate surface area is 134 Å². The molecule has 0 fully saturated rings. The average Bonchev–Trinajstić information content (AvgIpc) is 2.94. The van der Waals surface area contributed by atoms with E-state index in [0.29, 0.717) is 5.75 Å². The van der Waals surface area contributed by atoms with Crippen LogP contribution in [0.3, 0.4) is 0 Å². The zero-order chi connectivity index (χ0) is 15.9. The van der Waals surface area contributed by atoms with E-state index in [1.54, 1.807) is 6.20 Å². The lowest BCUT2D eigenvalue weighted by atomic mass is 10.2. The molecule has 1 amide bonds. The molecule has 0 radical (unpaired) electrons. The van der Waals surface area contributed by atoms with Crippen LogP contribution in [0.25, 0.3) is 0 Å². The SMILES string of the molecule is CC(C)c1nccn1CC(=O)Nc1ccccc1SCC#N. The van der Waals surface area contributed by atoms with Gasteiger partial charge in [0.15, 0.2) is 0 Å². The Hall–Kier alpha value is -2.26. The molecule has 0 unspecified atom stereocenters. The Morgan fingerprint density at radius 2 is 2.23 bits per heavy atom. The number of imidazole rings is 1. The van der Waals surface area contributed by atoms with Crippen molar-refractivity contribution in [3.63, 3.8) is 0 Å². The van der Waals surface area contributed by atoms with E-state index in [9.17, 15) is 4.79 Å². The molecule has 1 heterocycles. The minimum Gasteiger partial charge on any atom is -0.325 e. The first kappa shape index (κ1) is 16.1. The first-order chi connectivity index (χ1) is 10.6. The molecule has 22 heavy (non-hydrogen) atoms. The topological polar surface area (TPSA) is 70.7 Å². The Kier molecular flexibility index (Phi) is 5.61. The number of nitriles is 1. The third-order valence-corrected chi connectivity index (χ3v) is 3.97. The van der Waals surface area contributed by atoms with E-state index in [2.05, 4.69) is 16.4 Å². The van der Waals surface area contributed by atoms with Crippen molar-refractivity contribution in [2.24, 2.45) is 0 Å². The number of nitrogens with one attached hydrogen (secondary N) is 1. The molecule has 0 spiro atoms. The van der Waals surface area contributed by atoms with E-state index < -0.39 is 0 Å². The van der Waals surface area contributed by atoms with Gasteiger partial charge in [-0.2, -0.15) is 5.26 Å². The first-order valence-corrected chi connectivity index (χ1v) is 8.00. The van der Waals surface area contributed by atoms with Crippen molar-refractivity contribution in [2.45, 2.75) is 31.2 Å². The highest BCUT2D eigenvalue weighted by atomic mass is 32.2. The van der Waals surface area contributed by atoms with E-state index >= 15 is 0 Å². The smallest absolute Gasteiger partial charge is 0.244 e. The van der Waals surface area contributed by atoms with Gasteiger partial charge in [-0.1, -0.05) is 26.0 Å². The Bertz CT molecular complexity index is 687. The molecule has 0 aliphatic heterocycles. The number of amides is 1. The van der Waals surface area contributed by atoms with Gasteiger partial charge in [0.2, 0.25) is 5.91 Å². The third-order valence-electron chi connectivity index (χ3n) is 3.03. The van der Waals surface area contributed by atoms with Crippen molar-refractivity contribution < 1.29 is 4.79 Å². The lowest BCUT2D eigenvalue weighted by molar-refractivity contribution is -0.116. The molecule has 0 bridgehead atoms. The average molecular weight is 314 g/mol. The summed E-state index contributed by atoms with van der Waals surface area (Å²) in [5.74, 6) is 1.40. The summed E-state index contributed by atoms with van der Waals surface area (Å²) in [6.07, 6.45) is 3.52. The normalized spacial score (nSPS) is 10.5. The number of aromatic nitrogens is 2. The van der Waals surface area contributed by atoms with E-state index in [1.165, 1.54) is 11.8 Å². The lowest BCUT2D eigenvalue weighted by Gasteiger charge is -2.12. The number of thioether (sulfide) groups is 1. The molecule has 5 nitrogen and oxygen atoms in total. The fraction of sp³-hybridized carbons (Fsp3) is 0.312. The summed E-state index contributed by atoms with van der Waals surface area (Å²) >= 11 is 1.41. The predicted octanol–water partition coefficient (Wildman–Crippen LogP) is 3.26. The number of para-hydroxylation sites is 1. The maximum Gasteiger partial charge on any atom is 0.244 e. The zero-order valence-corrected chi connectivity index (χ0v) is 13.4. The molecule has 0 aliphatic rings. The van der Waals surface area contributed by atoms with E-state index in [1.807, 2.05) is 48.9 Å². The maximum atomic E-state index is 12.2. The van der Waals surface area contributed by atoms with Crippen LogP contribution in [0.4, 0.5) is 5.69 Å². The van der Waals surface area contributed by atoms with Crippen LogP contribution >= 0.6 is 11.8 Å². The van der Waals surface area contributed by atoms with Gasteiger partial charge in [-0.25, -0.2) is 4.98 Å². The molecule has 2 aromatic rings. The number of anilines is 1. The molecule has 0 aliphatic carbocycles. The van der Waals surface area contributed by atoms with Gasteiger partial charge in [0.05, 0.1) is 17.5 Å². The minimum absolute atomic E-state index is 0.107. The second-order valence-electron chi connectivity index (χ2n) is 5.06. The second-order valence-corrected chi connectivity index (χ2v) is 6.08. The highest BCUT2D eigenvalue weighted by molar-refractivity contribution is 7.99. The number of nitrogens with zero attached hydrogens (tertiary/aromatic N) is 3. The second kappa shape index (κ2) is 7.66. The van der Waals surface area contributed by atoms with Crippen LogP contribution < -0.4 is 5.32 Å².